The fourth-order valence-electron chi connectivity index (χ4n) is 1.68. The predicted molar refractivity (Wildman–Crippen MR) is 74.3 cm³/mol. The summed E-state index contributed by atoms with van der Waals surface area (Å²) in [6.07, 6.45) is 1.83. The minimum Gasteiger partial charge on any atom is -0.391 e. The Hall–Kier alpha value is -0.430. The van der Waals surface area contributed by atoms with Crippen molar-refractivity contribution in [1.82, 2.24) is 4.31 Å². The highest BCUT2D eigenvalue weighted by atomic mass is 32.2. The number of rotatable bonds is 7. The largest absolute Gasteiger partial charge is 0.391 e. The van der Waals surface area contributed by atoms with Gasteiger partial charge in [-0.3, -0.25) is 0 Å². The van der Waals surface area contributed by atoms with Crippen LogP contribution in [0, 0.1) is 6.92 Å². The van der Waals surface area contributed by atoms with Gasteiger partial charge in [-0.15, -0.1) is 11.3 Å². The zero-order valence-electron chi connectivity index (χ0n) is 11.1. The summed E-state index contributed by atoms with van der Waals surface area (Å²) in [4.78, 5) is 0.722. The van der Waals surface area contributed by atoms with Gasteiger partial charge in [0.15, 0.2) is 0 Å². The summed E-state index contributed by atoms with van der Waals surface area (Å²) < 4.78 is 26.6. The van der Waals surface area contributed by atoms with Crippen molar-refractivity contribution in [2.45, 2.75) is 44.4 Å². The number of sulfonamides is 1. The highest BCUT2D eigenvalue weighted by molar-refractivity contribution is 7.91. The molecule has 1 aromatic heterocycles. The summed E-state index contributed by atoms with van der Waals surface area (Å²) in [7, 11) is -3.39. The number of hydrogen-bond acceptors (Lipinski definition) is 4. The molecule has 0 atom stereocenters. The quantitative estimate of drug-likeness (QED) is 0.839. The lowest BCUT2D eigenvalue weighted by Crippen LogP contribution is -2.31. The van der Waals surface area contributed by atoms with Gasteiger partial charge in [-0.1, -0.05) is 20.3 Å². The van der Waals surface area contributed by atoms with Crippen molar-refractivity contribution >= 4 is 21.4 Å². The molecule has 6 heteroatoms. The summed E-state index contributed by atoms with van der Waals surface area (Å²) in [5, 5.41) is 9.14. The first-order valence-electron chi connectivity index (χ1n) is 6.17. The van der Waals surface area contributed by atoms with Crippen LogP contribution in [0.15, 0.2) is 10.3 Å². The number of nitrogens with zero attached hydrogens (tertiary/aromatic N) is 1. The average Bonchev–Trinajstić information content (AvgIpc) is 2.72. The van der Waals surface area contributed by atoms with Crippen LogP contribution in [0.4, 0.5) is 0 Å². The molecule has 4 nitrogen and oxygen atoms in total. The van der Waals surface area contributed by atoms with Crippen LogP contribution in [0.3, 0.4) is 0 Å². The van der Waals surface area contributed by atoms with E-state index in [1.165, 1.54) is 4.31 Å². The van der Waals surface area contributed by atoms with Gasteiger partial charge in [0.25, 0.3) is 10.0 Å². The van der Waals surface area contributed by atoms with E-state index in [4.69, 9.17) is 5.11 Å². The van der Waals surface area contributed by atoms with E-state index in [0.29, 0.717) is 17.3 Å². The molecule has 1 aromatic rings. The smallest absolute Gasteiger partial charge is 0.252 e. The third-order valence-corrected chi connectivity index (χ3v) is 6.49. The van der Waals surface area contributed by atoms with E-state index in [0.717, 1.165) is 34.6 Å². The fourth-order valence-corrected chi connectivity index (χ4v) is 4.77. The molecule has 0 aliphatic heterocycles. The summed E-state index contributed by atoms with van der Waals surface area (Å²) >= 11 is 1.16. The van der Waals surface area contributed by atoms with Crippen LogP contribution >= 0.6 is 11.3 Å². The SMILES string of the molecule is CCCCN(CC)S(=O)(=O)c1cc(C)c(CO)s1. The van der Waals surface area contributed by atoms with E-state index in [-0.39, 0.29) is 6.61 Å². The summed E-state index contributed by atoms with van der Waals surface area (Å²) in [5.41, 5.74) is 0.840. The number of aryl methyl sites for hydroxylation is 1. The molecule has 0 bridgehead atoms. The van der Waals surface area contributed by atoms with Crippen LogP contribution in [0.25, 0.3) is 0 Å². The maximum absolute atomic E-state index is 12.4. The Morgan fingerprint density at radius 2 is 2.06 bits per heavy atom. The number of aliphatic hydroxyl groups is 1. The van der Waals surface area contributed by atoms with Gasteiger partial charge >= 0.3 is 0 Å². The normalized spacial score (nSPS) is 12.3. The molecule has 0 aliphatic rings. The highest BCUT2D eigenvalue weighted by Gasteiger charge is 2.25. The number of aliphatic hydroxyl groups excluding tert-OH is 1. The first-order chi connectivity index (χ1) is 8.47. The maximum Gasteiger partial charge on any atom is 0.252 e. The Labute approximate surface area is 113 Å². The Morgan fingerprint density at radius 1 is 1.39 bits per heavy atom. The molecule has 0 saturated carbocycles. The van der Waals surface area contributed by atoms with Crippen molar-refractivity contribution in [1.29, 1.82) is 0 Å². The molecular formula is C12H21NO3S2. The van der Waals surface area contributed by atoms with E-state index in [1.54, 1.807) is 6.07 Å². The van der Waals surface area contributed by atoms with Crippen LogP contribution in [0.2, 0.25) is 0 Å². The number of thiophene rings is 1. The minimum atomic E-state index is -3.39. The molecule has 0 spiro atoms. The summed E-state index contributed by atoms with van der Waals surface area (Å²) in [6.45, 7) is 6.64. The maximum atomic E-state index is 12.4. The molecule has 1 N–H and O–H groups in total. The van der Waals surface area contributed by atoms with Crippen molar-refractivity contribution < 1.29 is 13.5 Å². The van der Waals surface area contributed by atoms with Crippen molar-refractivity contribution in [2.75, 3.05) is 13.1 Å². The topological polar surface area (TPSA) is 57.6 Å². The van der Waals surface area contributed by atoms with Crippen LogP contribution in [-0.4, -0.2) is 30.9 Å². The molecule has 18 heavy (non-hydrogen) atoms. The van der Waals surface area contributed by atoms with Crippen LogP contribution < -0.4 is 0 Å². The van der Waals surface area contributed by atoms with Gasteiger partial charge in [-0.25, -0.2) is 8.42 Å². The lowest BCUT2D eigenvalue weighted by atomic mass is 10.3. The van der Waals surface area contributed by atoms with Crippen molar-refractivity contribution in [2.24, 2.45) is 0 Å². The Bertz CT molecular complexity index is 480. The van der Waals surface area contributed by atoms with E-state index in [2.05, 4.69) is 0 Å². The van der Waals surface area contributed by atoms with Gasteiger partial charge in [0, 0.05) is 18.0 Å². The van der Waals surface area contributed by atoms with Crippen molar-refractivity contribution in [3.63, 3.8) is 0 Å². The van der Waals surface area contributed by atoms with Crippen LogP contribution in [-0.2, 0) is 16.6 Å². The van der Waals surface area contributed by atoms with Crippen molar-refractivity contribution in [3.05, 3.63) is 16.5 Å². The molecule has 0 amide bonds. The lowest BCUT2D eigenvalue weighted by Gasteiger charge is -2.18. The molecule has 1 rings (SSSR count). The third kappa shape index (κ3) is 3.32. The number of unbranched alkanes of at least 4 members (excludes halogenated alkanes) is 1. The standard InChI is InChI=1S/C12H21NO3S2/c1-4-6-7-13(5-2)18(15,16)12-8-10(3)11(9-14)17-12/h8,14H,4-7,9H2,1-3H3. The second kappa shape index (κ2) is 6.65. The molecular weight excluding hydrogens is 270 g/mol. The molecule has 0 radical (unpaired) electrons. The average molecular weight is 291 g/mol. The molecule has 104 valence electrons. The molecule has 0 saturated heterocycles. The zero-order valence-corrected chi connectivity index (χ0v) is 12.8. The minimum absolute atomic E-state index is 0.104. The van der Waals surface area contributed by atoms with Gasteiger partial charge < -0.3 is 5.11 Å². The molecule has 0 unspecified atom stereocenters. The van der Waals surface area contributed by atoms with Gasteiger partial charge in [0.1, 0.15) is 4.21 Å². The third-order valence-electron chi connectivity index (χ3n) is 2.85. The lowest BCUT2D eigenvalue weighted by molar-refractivity contribution is 0.285. The second-order valence-corrected chi connectivity index (χ2v) is 7.48. The molecule has 0 fully saturated rings. The molecule has 0 aliphatic carbocycles. The van der Waals surface area contributed by atoms with E-state index in [9.17, 15) is 8.42 Å². The second-order valence-electron chi connectivity index (χ2n) is 4.18. The monoisotopic (exact) mass is 291 g/mol. The Balaban J connectivity index is 3.02. The van der Waals surface area contributed by atoms with E-state index < -0.39 is 10.0 Å². The highest BCUT2D eigenvalue weighted by Crippen LogP contribution is 2.28. The first-order valence-corrected chi connectivity index (χ1v) is 8.43. The predicted octanol–water partition coefficient (Wildman–Crippen LogP) is 2.36. The zero-order chi connectivity index (χ0) is 13.8. The van der Waals surface area contributed by atoms with Crippen molar-refractivity contribution in [3.8, 4) is 0 Å². The first kappa shape index (κ1) is 15.6. The summed E-state index contributed by atoms with van der Waals surface area (Å²) in [5.74, 6) is 0. The number of hydrogen-bond donors (Lipinski definition) is 1. The van der Waals surface area contributed by atoms with Gasteiger partial charge in [0.2, 0.25) is 0 Å². The Morgan fingerprint density at radius 3 is 2.50 bits per heavy atom. The Kier molecular flexibility index (Phi) is 5.78. The molecule has 1 heterocycles. The van der Waals surface area contributed by atoms with Gasteiger partial charge in [-0.2, -0.15) is 4.31 Å². The van der Waals surface area contributed by atoms with Crippen LogP contribution in [0.5, 0.6) is 0 Å². The molecule has 0 aromatic carbocycles. The van der Waals surface area contributed by atoms with Gasteiger partial charge in [-0.05, 0) is 25.0 Å². The van der Waals surface area contributed by atoms with E-state index in [1.807, 2.05) is 20.8 Å². The summed E-state index contributed by atoms with van der Waals surface area (Å²) in [6, 6.07) is 1.65. The van der Waals surface area contributed by atoms with E-state index >= 15 is 0 Å². The fraction of sp³-hybridized carbons (Fsp3) is 0.667. The van der Waals surface area contributed by atoms with Crippen LogP contribution in [0.1, 0.15) is 37.1 Å². The van der Waals surface area contributed by atoms with Gasteiger partial charge in [0.05, 0.1) is 6.61 Å².